The van der Waals surface area contributed by atoms with Gasteiger partial charge >= 0.3 is 0 Å². The van der Waals surface area contributed by atoms with Crippen LogP contribution in [-0.4, -0.2) is 22.4 Å². The second-order valence-electron chi connectivity index (χ2n) is 8.18. The van der Waals surface area contributed by atoms with E-state index < -0.39 is 5.60 Å². The highest BCUT2D eigenvalue weighted by Gasteiger charge is 2.48. The number of aliphatic hydroxyl groups is 1. The number of allylic oxidation sites excluding steroid dienone is 4. The number of ether oxygens (including phenoxy) is 1. The van der Waals surface area contributed by atoms with Gasteiger partial charge in [-0.1, -0.05) is 23.3 Å². The number of hydrogen-bond donors (Lipinski definition) is 1. The van der Waals surface area contributed by atoms with Crippen LogP contribution in [0.5, 0.6) is 0 Å². The van der Waals surface area contributed by atoms with Crippen molar-refractivity contribution in [3.63, 3.8) is 0 Å². The first-order chi connectivity index (χ1) is 10.2. The van der Waals surface area contributed by atoms with Gasteiger partial charge in [0.15, 0.2) is 0 Å². The van der Waals surface area contributed by atoms with Crippen molar-refractivity contribution in [3.8, 4) is 0 Å². The first kappa shape index (κ1) is 17.7. The molecule has 0 aromatic heterocycles. The Hall–Kier alpha value is -0.600. The minimum Gasteiger partial charge on any atom is -0.390 e. The smallest absolute Gasteiger partial charge is 0.0922 e. The number of fused-ring (bicyclic) bond motifs is 9. The second kappa shape index (κ2) is 6.88. The van der Waals surface area contributed by atoms with Crippen LogP contribution in [-0.2, 0) is 4.74 Å². The molecular weight excluding hydrogens is 272 g/mol. The van der Waals surface area contributed by atoms with E-state index in [1.165, 1.54) is 11.1 Å². The Balaban J connectivity index is 2.23. The van der Waals surface area contributed by atoms with E-state index in [9.17, 15) is 5.11 Å². The molecule has 3 aliphatic rings. The Morgan fingerprint density at radius 3 is 2.41 bits per heavy atom. The average Bonchev–Trinajstić information content (AvgIpc) is 2.40. The fourth-order valence-corrected chi connectivity index (χ4v) is 4.00. The molecule has 2 nitrogen and oxygen atoms in total. The Kier molecular flexibility index (Phi) is 5.55. The minimum atomic E-state index is -0.411. The summed E-state index contributed by atoms with van der Waals surface area (Å²) in [6, 6.07) is 0. The van der Waals surface area contributed by atoms with E-state index in [0.717, 1.165) is 44.9 Å². The van der Waals surface area contributed by atoms with Gasteiger partial charge in [0.05, 0.1) is 17.3 Å². The molecule has 1 N–H and O–H groups in total. The van der Waals surface area contributed by atoms with Gasteiger partial charge in [-0.2, -0.15) is 0 Å². The highest BCUT2D eigenvalue weighted by Crippen LogP contribution is 2.44. The van der Waals surface area contributed by atoms with Gasteiger partial charge in [-0.25, -0.2) is 0 Å². The van der Waals surface area contributed by atoms with E-state index in [1.807, 2.05) is 0 Å². The molecule has 0 saturated carbocycles. The Morgan fingerprint density at radius 2 is 1.68 bits per heavy atom. The predicted molar refractivity (Wildman–Crippen MR) is 92.9 cm³/mol. The first-order valence-corrected chi connectivity index (χ1v) is 8.92. The molecule has 0 spiro atoms. The van der Waals surface area contributed by atoms with Gasteiger partial charge in [-0.05, 0) is 85.5 Å². The van der Waals surface area contributed by atoms with E-state index in [4.69, 9.17) is 4.74 Å². The summed E-state index contributed by atoms with van der Waals surface area (Å²) in [6.45, 7) is 11.0. The van der Waals surface area contributed by atoms with Gasteiger partial charge in [-0.15, -0.1) is 0 Å². The Morgan fingerprint density at radius 1 is 1.05 bits per heavy atom. The van der Waals surface area contributed by atoms with E-state index in [1.54, 1.807) is 0 Å². The summed E-state index contributed by atoms with van der Waals surface area (Å²) in [5, 5.41) is 10.7. The molecule has 0 unspecified atom stereocenters. The van der Waals surface area contributed by atoms with Crippen molar-refractivity contribution in [2.45, 2.75) is 96.9 Å². The van der Waals surface area contributed by atoms with Crippen LogP contribution in [0, 0.1) is 5.92 Å². The Labute approximate surface area is 136 Å². The monoisotopic (exact) mass is 306 g/mol. The van der Waals surface area contributed by atoms with Crippen LogP contribution in [0.2, 0.25) is 0 Å². The molecular formula is C20H34O2. The highest BCUT2D eigenvalue weighted by molar-refractivity contribution is 5.07. The van der Waals surface area contributed by atoms with Gasteiger partial charge in [0.25, 0.3) is 0 Å². The molecule has 3 atom stereocenters. The molecule has 2 aliphatic heterocycles. The summed E-state index contributed by atoms with van der Waals surface area (Å²) in [5.41, 5.74) is 2.36. The van der Waals surface area contributed by atoms with Crippen LogP contribution in [0.25, 0.3) is 0 Å². The van der Waals surface area contributed by atoms with Gasteiger partial charge in [0, 0.05) is 0 Å². The minimum absolute atomic E-state index is 0.156. The molecule has 2 heterocycles. The van der Waals surface area contributed by atoms with Crippen molar-refractivity contribution in [3.05, 3.63) is 23.3 Å². The number of rotatable bonds is 0. The van der Waals surface area contributed by atoms with Gasteiger partial charge in [0.1, 0.15) is 0 Å². The van der Waals surface area contributed by atoms with E-state index >= 15 is 0 Å². The first-order valence-electron chi connectivity index (χ1n) is 8.92. The van der Waals surface area contributed by atoms with Crippen molar-refractivity contribution >= 4 is 0 Å². The van der Waals surface area contributed by atoms with Crippen LogP contribution in [0.4, 0.5) is 0 Å². The molecule has 126 valence electrons. The zero-order chi connectivity index (χ0) is 16.4. The van der Waals surface area contributed by atoms with E-state index in [0.29, 0.717) is 5.92 Å². The summed E-state index contributed by atoms with van der Waals surface area (Å²) < 4.78 is 6.45. The van der Waals surface area contributed by atoms with Crippen LogP contribution >= 0.6 is 0 Å². The predicted octanol–water partition coefficient (Wildman–Crippen LogP) is 5.17. The molecule has 1 aliphatic carbocycles. The molecule has 0 amide bonds. The van der Waals surface area contributed by atoms with E-state index in [2.05, 4.69) is 46.8 Å². The topological polar surface area (TPSA) is 29.5 Å². The molecule has 0 aromatic rings. The molecule has 22 heavy (non-hydrogen) atoms. The number of hydrogen-bond acceptors (Lipinski definition) is 2. The third-order valence-electron chi connectivity index (χ3n) is 5.74. The summed E-state index contributed by atoms with van der Waals surface area (Å²) in [7, 11) is 0. The van der Waals surface area contributed by atoms with Crippen molar-refractivity contribution in [1.82, 2.24) is 0 Å². The maximum atomic E-state index is 10.7. The summed E-state index contributed by atoms with van der Waals surface area (Å²) >= 11 is 0. The van der Waals surface area contributed by atoms with Gasteiger partial charge < -0.3 is 9.84 Å². The van der Waals surface area contributed by atoms with Crippen LogP contribution in [0.15, 0.2) is 23.3 Å². The quantitative estimate of drug-likeness (QED) is 0.626. The third kappa shape index (κ3) is 4.23. The SMILES string of the molecule is C/C1=C/CC[C@]2(C)OC(C)(C)[C@H](CC/C(C)=C\CC1)C[C@H]2O. The third-order valence-corrected chi connectivity index (χ3v) is 5.74. The lowest BCUT2D eigenvalue weighted by Crippen LogP contribution is -2.56. The van der Waals surface area contributed by atoms with Gasteiger partial charge in [-0.3, -0.25) is 0 Å². The molecule has 3 rings (SSSR count). The lowest BCUT2D eigenvalue weighted by molar-refractivity contribution is -0.243. The lowest BCUT2D eigenvalue weighted by Gasteiger charge is -2.51. The maximum absolute atomic E-state index is 10.7. The van der Waals surface area contributed by atoms with Crippen LogP contribution < -0.4 is 0 Å². The van der Waals surface area contributed by atoms with Crippen molar-refractivity contribution < 1.29 is 9.84 Å². The molecule has 2 bridgehead atoms. The molecule has 0 radical (unpaired) electrons. The van der Waals surface area contributed by atoms with Crippen LogP contribution in [0.1, 0.15) is 79.6 Å². The van der Waals surface area contributed by atoms with Crippen molar-refractivity contribution in [2.24, 2.45) is 5.92 Å². The fourth-order valence-electron chi connectivity index (χ4n) is 4.00. The second-order valence-corrected chi connectivity index (χ2v) is 8.18. The summed E-state index contributed by atoms with van der Waals surface area (Å²) in [6.07, 6.45) is 11.6. The highest BCUT2D eigenvalue weighted by atomic mass is 16.5. The molecule has 0 aromatic carbocycles. The largest absolute Gasteiger partial charge is 0.390 e. The van der Waals surface area contributed by atoms with E-state index in [-0.39, 0.29) is 11.7 Å². The summed E-state index contributed by atoms with van der Waals surface area (Å²) in [4.78, 5) is 0. The van der Waals surface area contributed by atoms with Gasteiger partial charge in [0.2, 0.25) is 0 Å². The lowest BCUT2D eigenvalue weighted by atomic mass is 9.73. The van der Waals surface area contributed by atoms with Crippen molar-refractivity contribution in [2.75, 3.05) is 0 Å². The zero-order valence-electron chi connectivity index (χ0n) is 15.1. The van der Waals surface area contributed by atoms with Crippen LogP contribution in [0.3, 0.4) is 0 Å². The van der Waals surface area contributed by atoms with Crippen molar-refractivity contribution in [1.29, 1.82) is 0 Å². The molecule has 1 fully saturated rings. The summed E-state index contributed by atoms with van der Waals surface area (Å²) in [5.74, 6) is 0.430. The normalized spacial score (nSPS) is 41.9. The maximum Gasteiger partial charge on any atom is 0.0922 e. The zero-order valence-corrected chi connectivity index (χ0v) is 15.1. The average molecular weight is 306 g/mol. The molecule has 1 saturated heterocycles. The molecule has 2 heteroatoms. The standard InChI is InChI=1S/C20H34O2/c1-15-8-6-9-16(2)11-12-17-14-18(21)20(5,13-7-10-15)22-19(17,3)4/h9-10,17-18,21H,6-8,11-14H2,1-5H3/b15-10-,16-9-/t17-,18-,20+/m1/s1. The Bertz CT molecular complexity index is 447. The fraction of sp³-hybridized carbons (Fsp3) is 0.800. The number of aliphatic hydroxyl groups excluding tert-OH is 1.